The highest BCUT2D eigenvalue weighted by Crippen LogP contribution is 2.23. The van der Waals surface area contributed by atoms with Crippen molar-refractivity contribution in [1.29, 1.82) is 0 Å². The fourth-order valence-corrected chi connectivity index (χ4v) is 1.51. The molecule has 1 aromatic carbocycles. The number of halogens is 2. The van der Waals surface area contributed by atoms with E-state index in [0.717, 1.165) is 6.07 Å². The van der Waals surface area contributed by atoms with Crippen LogP contribution in [0.2, 0.25) is 0 Å². The molecule has 0 aliphatic heterocycles. The van der Waals surface area contributed by atoms with E-state index in [2.05, 4.69) is 10.1 Å². The van der Waals surface area contributed by atoms with Crippen LogP contribution < -0.4 is 5.73 Å². The molecule has 6 heteroatoms. The normalized spacial score (nSPS) is 13.0. The van der Waals surface area contributed by atoms with Crippen molar-refractivity contribution in [3.05, 3.63) is 47.1 Å². The van der Waals surface area contributed by atoms with Crippen molar-refractivity contribution in [2.75, 3.05) is 0 Å². The standard InChI is InChI=1S/C12H13F2N3O/c1-6(2)12-16-11(17-18-12)10(15)7-4-3-5-8(13)9(7)14/h3-6,10H,15H2,1-2H3. The van der Waals surface area contributed by atoms with Gasteiger partial charge in [-0.25, -0.2) is 8.78 Å². The summed E-state index contributed by atoms with van der Waals surface area (Å²) in [5.41, 5.74) is 5.81. The smallest absolute Gasteiger partial charge is 0.229 e. The molecular weight excluding hydrogens is 240 g/mol. The lowest BCUT2D eigenvalue weighted by atomic mass is 10.1. The Hall–Kier alpha value is -1.82. The lowest BCUT2D eigenvalue weighted by Gasteiger charge is -2.08. The van der Waals surface area contributed by atoms with Gasteiger partial charge in [-0.1, -0.05) is 31.1 Å². The van der Waals surface area contributed by atoms with Crippen molar-refractivity contribution in [3.63, 3.8) is 0 Å². The Morgan fingerprint density at radius 3 is 2.61 bits per heavy atom. The maximum Gasteiger partial charge on any atom is 0.229 e. The largest absolute Gasteiger partial charge is 0.339 e. The minimum Gasteiger partial charge on any atom is -0.339 e. The Balaban J connectivity index is 2.35. The molecule has 0 fully saturated rings. The molecule has 0 spiro atoms. The molecule has 0 radical (unpaired) electrons. The number of hydrogen-bond acceptors (Lipinski definition) is 4. The van der Waals surface area contributed by atoms with Crippen molar-refractivity contribution in [3.8, 4) is 0 Å². The lowest BCUT2D eigenvalue weighted by Crippen LogP contribution is -2.16. The van der Waals surface area contributed by atoms with Crippen LogP contribution >= 0.6 is 0 Å². The Kier molecular flexibility index (Phi) is 3.38. The van der Waals surface area contributed by atoms with Gasteiger partial charge in [0.25, 0.3) is 0 Å². The molecular formula is C12H13F2N3O. The molecule has 18 heavy (non-hydrogen) atoms. The third-order valence-electron chi connectivity index (χ3n) is 2.55. The quantitative estimate of drug-likeness (QED) is 0.912. The fraction of sp³-hybridized carbons (Fsp3) is 0.333. The molecule has 1 heterocycles. The highest BCUT2D eigenvalue weighted by Gasteiger charge is 2.21. The second-order valence-electron chi connectivity index (χ2n) is 4.27. The lowest BCUT2D eigenvalue weighted by molar-refractivity contribution is 0.359. The zero-order valence-electron chi connectivity index (χ0n) is 10.0. The Morgan fingerprint density at radius 1 is 1.28 bits per heavy atom. The van der Waals surface area contributed by atoms with E-state index in [1.54, 1.807) is 0 Å². The van der Waals surface area contributed by atoms with Crippen LogP contribution in [0.1, 0.15) is 43.1 Å². The zero-order valence-corrected chi connectivity index (χ0v) is 10.0. The van der Waals surface area contributed by atoms with Crippen molar-refractivity contribution in [2.45, 2.75) is 25.8 Å². The second-order valence-corrected chi connectivity index (χ2v) is 4.27. The van der Waals surface area contributed by atoms with Crippen LogP contribution in [0.5, 0.6) is 0 Å². The van der Waals surface area contributed by atoms with E-state index in [0.29, 0.717) is 5.89 Å². The first-order valence-corrected chi connectivity index (χ1v) is 5.53. The minimum atomic E-state index is -0.985. The molecule has 0 saturated heterocycles. The topological polar surface area (TPSA) is 64.9 Å². The van der Waals surface area contributed by atoms with Crippen molar-refractivity contribution >= 4 is 0 Å². The Labute approximate surface area is 103 Å². The molecule has 1 atom stereocenters. The predicted octanol–water partition coefficient (Wildman–Crippen LogP) is 2.52. The van der Waals surface area contributed by atoms with Gasteiger partial charge in [-0.2, -0.15) is 4.98 Å². The van der Waals surface area contributed by atoms with Gasteiger partial charge in [-0.3, -0.25) is 0 Å². The van der Waals surface area contributed by atoms with Crippen LogP contribution in [0.25, 0.3) is 0 Å². The van der Waals surface area contributed by atoms with Gasteiger partial charge in [0, 0.05) is 11.5 Å². The van der Waals surface area contributed by atoms with Crippen molar-refractivity contribution in [2.24, 2.45) is 5.73 Å². The van der Waals surface area contributed by atoms with Crippen LogP contribution in [0, 0.1) is 11.6 Å². The summed E-state index contributed by atoms with van der Waals surface area (Å²) in [7, 11) is 0. The molecule has 0 bridgehead atoms. The van der Waals surface area contributed by atoms with Crippen LogP contribution in [0.4, 0.5) is 8.78 Å². The van der Waals surface area contributed by atoms with Crippen LogP contribution in [-0.4, -0.2) is 10.1 Å². The molecule has 0 amide bonds. The molecule has 2 N–H and O–H groups in total. The third kappa shape index (κ3) is 2.24. The summed E-state index contributed by atoms with van der Waals surface area (Å²) >= 11 is 0. The van der Waals surface area contributed by atoms with Crippen LogP contribution in [0.15, 0.2) is 22.7 Å². The van der Waals surface area contributed by atoms with E-state index in [1.807, 2.05) is 13.8 Å². The molecule has 4 nitrogen and oxygen atoms in total. The van der Waals surface area contributed by atoms with Gasteiger partial charge < -0.3 is 10.3 Å². The summed E-state index contributed by atoms with van der Waals surface area (Å²) in [5, 5.41) is 3.68. The third-order valence-corrected chi connectivity index (χ3v) is 2.55. The second kappa shape index (κ2) is 4.81. The van der Waals surface area contributed by atoms with E-state index in [-0.39, 0.29) is 17.3 Å². The highest BCUT2D eigenvalue weighted by atomic mass is 19.2. The maximum atomic E-state index is 13.6. The zero-order chi connectivity index (χ0) is 13.3. The summed E-state index contributed by atoms with van der Waals surface area (Å²) < 4.78 is 31.6. The molecule has 96 valence electrons. The number of nitrogens with zero attached hydrogens (tertiary/aromatic N) is 2. The molecule has 2 aromatic rings. The summed E-state index contributed by atoms with van der Waals surface area (Å²) in [4.78, 5) is 4.06. The van der Waals surface area contributed by atoms with E-state index in [4.69, 9.17) is 10.3 Å². The number of hydrogen-bond donors (Lipinski definition) is 1. The van der Waals surface area contributed by atoms with Gasteiger partial charge >= 0.3 is 0 Å². The van der Waals surface area contributed by atoms with Gasteiger partial charge in [-0.15, -0.1) is 0 Å². The van der Waals surface area contributed by atoms with Gasteiger partial charge in [-0.05, 0) is 6.07 Å². The number of aromatic nitrogens is 2. The molecule has 0 aliphatic rings. The van der Waals surface area contributed by atoms with Gasteiger partial charge in [0.15, 0.2) is 17.5 Å². The Morgan fingerprint density at radius 2 is 2.00 bits per heavy atom. The predicted molar refractivity (Wildman–Crippen MR) is 60.8 cm³/mol. The van der Waals surface area contributed by atoms with Crippen molar-refractivity contribution in [1.82, 2.24) is 10.1 Å². The molecule has 0 saturated carbocycles. The van der Waals surface area contributed by atoms with E-state index < -0.39 is 17.7 Å². The average molecular weight is 253 g/mol. The van der Waals surface area contributed by atoms with Crippen molar-refractivity contribution < 1.29 is 13.3 Å². The van der Waals surface area contributed by atoms with E-state index in [9.17, 15) is 8.78 Å². The highest BCUT2D eigenvalue weighted by molar-refractivity contribution is 5.26. The average Bonchev–Trinajstić information content (AvgIpc) is 2.81. The fourth-order valence-electron chi connectivity index (χ4n) is 1.51. The van der Waals surface area contributed by atoms with Crippen LogP contribution in [-0.2, 0) is 0 Å². The Bertz CT molecular complexity index is 554. The molecule has 1 unspecified atom stereocenters. The number of rotatable bonds is 3. The van der Waals surface area contributed by atoms with Crippen LogP contribution in [0.3, 0.4) is 0 Å². The summed E-state index contributed by atoms with van der Waals surface area (Å²) in [6.07, 6.45) is 0. The maximum absolute atomic E-state index is 13.6. The summed E-state index contributed by atoms with van der Waals surface area (Å²) in [5.74, 6) is -1.33. The summed E-state index contributed by atoms with van der Waals surface area (Å²) in [6, 6.07) is 2.87. The van der Waals surface area contributed by atoms with E-state index >= 15 is 0 Å². The summed E-state index contributed by atoms with van der Waals surface area (Å²) in [6.45, 7) is 3.76. The number of nitrogens with two attached hydrogens (primary N) is 1. The molecule has 0 aliphatic carbocycles. The SMILES string of the molecule is CC(C)c1nc(C(N)c2cccc(F)c2F)no1. The minimum absolute atomic E-state index is 0.00565. The first-order chi connectivity index (χ1) is 8.50. The number of benzene rings is 1. The van der Waals surface area contributed by atoms with Gasteiger partial charge in [0.1, 0.15) is 0 Å². The molecule has 2 rings (SSSR count). The van der Waals surface area contributed by atoms with E-state index in [1.165, 1.54) is 12.1 Å². The first-order valence-electron chi connectivity index (χ1n) is 5.53. The first kappa shape index (κ1) is 12.6. The van der Waals surface area contributed by atoms with Gasteiger partial charge in [0.05, 0.1) is 6.04 Å². The molecule has 1 aromatic heterocycles. The van der Waals surface area contributed by atoms with Gasteiger partial charge in [0.2, 0.25) is 5.89 Å². The monoisotopic (exact) mass is 253 g/mol.